The normalized spacial score (nSPS) is 11.8. The van der Waals surface area contributed by atoms with E-state index in [4.69, 9.17) is 9.15 Å². The number of carbonyl (C=O) groups excluding carboxylic acids is 1. The molecule has 0 saturated heterocycles. The topological polar surface area (TPSA) is 108 Å². The van der Waals surface area contributed by atoms with Gasteiger partial charge in [-0.1, -0.05) is 20.8 Å². The second-order valence-corrected chi connectivity index (χ2v) is 10.4. The van der Waals surface area contributed by atoms with Gasteiger partial charge >= 0.3 is 5.69 Å². The standard InChI is InChI=1S/C24H24F2N4O5S/c1-24(2,3)11-35-19-14(25)6-12(7-15(19)26)16-10-36-22(27-16)28-17(31)8-13-9-34-21-18(13)20(32)29(4)23(33)30(21)5/h6-7,9-10H,8,11H2,1-5H3,(H,27,28,31). The molecule has 0 unspecified atom stereocenters. The fourth-order valence-electron chi connectivity index (χ4n) is 3.49. The number of benzene rings is 1. The Labute approximate surface area is 208 Å². The number of anilines is 1. The van der Waals surface area contributed by atoms with E-state index < -0.39 is 34.5 Å². The number of nitrogens with zero attached hydrogens (tertiary/aromatic N) is 3. The van der Waals surface area contributed by atoms with Gasteiger partial charge in [-0.05, 0) is 17.5 Å². The third-order valence-corrected chi connectivity index (χ3v) is 6.05. The number of aryl methyl sites for hydroxylation is 1. The summed E-state index contributed by atoms with van der Waals surface area (Å²) in [7, 11) is 2.80. The summed E-state index contributed by atoms with van der Waals surface area (Å²) in [4.78, 5) is 41.5. The van der Waals surface area contributed by atoms with Crippen LogP contribution in [-0.2, 0) is 25.3 Å². The number of furan rings is 1. The molecule has 0 aliphatic carbocycles. The minimum atomic E-state index is -0.851. The molecule has 0 spiro atoms. The Bertz CT molecular complexity index is 1570. The van der Waals surface area contributed by atoms with Crippen LogP contribution in [-0.4, -0.2) is 26.6 Å². The van der Waals surface area contributed by atoms with Crippen LogP contribution >= 0.6 is 11.3 Å². The van der Waals surface area contributed by atoms with Gasteiger partial charge in [0.05, 0.1) is 25.0 Å². The summed E-state index contributed by atoms with van der Waals surface area (Å²) in [6.45, 7) is 5.80. The third-order valence-electron chi connectivity index (χ3n) is 5.29. The quantitative estimate of drug-likeness (QED) is 0.416. The highest BCUT2D eigenvalue weighted by Gasteiger charge is 2.21. The SMILES string of the molecule is Cn1c(=O)c2c(CC(=O)Nc3nc(-c4cc(F)c(OCC(C)(C)C)c(F)c4)cs3)coc2n(C)c1=O. The van der Waals surface area contributed by atoms with E-state index in [9.17, 15) is 23.2 Å². The van der Waals surface area contributed by atoms with Crippen molar-refractivity contribution in [3.63, 3.8) is 0 Å². The van der Waals surface area contributed by atoms with Crippen LogP contribution < -0.4 is 21.3 Å². The average molecular weight is 519 g/mol. The van der Waals surface area contributed by atoms with Crippen LogP contribution in [0.5, 0.6) is 5.75 Å². The number of hydrogen-bond acceptors (Lipinski definition) is 7. The Balaban J connectivity index is 1.51. The molecule has 1 N–H and O–H groups in total. The van der Waals surface area contributed by atoms with E-state index in [1.807, 2.05) is 20.8 Å². The molecule has 1 aromatic carbocycles. The summed E-state index contributed by atoms with van der Waals surface area (Å²) in [5.41, 5.74) is -0.545. The van der Waals surface area contributed by atoms with Crippen LogP contribution in [0.1, 0.15) is 26.3 Å². The maximum Gasteiger partial charge on any atom is 0.333 e. The first kappa shape index (κ1) is 25.3. The molecule has 4 rings (SSSR count). The molecule has 36 heavy (non-hydrogen) atoms. The van der Waals surface area contributed by atoms with E-state index in [0.717, 1.165) is 28.0 Å². The van der Waals surface area contributed by atoms with Gasteiger partial charge in [-0.2, -0.15) is 0 Å². The molecule has 1 amide bonds. The van der Waals surface area contributed by atoms with Crippen molar-refractivity contribution in [3.8, 4) is 17.0 Å². The predicted octanol–water partition coefficient (Wildman–Crippen LogP) is 3.84. The molecule has 0 bridgehead atoms. The average Bonchev–Trinajstić information content (AvgIpc) is 3.42. The predicted molar refractivity (Wildman–Crippen MR) is 131 cm³/mol. The molecular weight excluding hydrogens is 494 g/mol. The summed E-state index contributed by atoms with van der Waals surface area (Å²) in [5, 5.41) is 4.50. The number of aromatic nitrogens is 3. The largest absolute Gasteiger partial charge is 0.487 e. The fourth-order valence-corrected chi connectivity index (χ4v) is 4.22. The summed E-state index contributed by atoms with van der Waals surface area (Å²) in [5.74, 6) is -2.64. The lowest BCUT2D eigenvalue weighted by atomic mass is 9.99. The molecule has 190 valence electrons. The van der Waals surface area contributed by atoms with Gasteiger partial charge in [-0.25, -0.2) is 18.6 Å². The molecule has 0 aliphatic rings. The van der Waals surface area contributed by atoms with Gasteiger partial charge < -0.3 is 14.5 Å². The molecule has 0 radical (unpaired) electrons. The number of hydrogen-bond donors (Lipinski definition) is 1. The van der Waals surface area contributed by atoms with E-state index >= 15 is 0 Å². The van der Waals surface area contributed by atoms with Gasteiger partial charge in [-0.3, -0.25) is 18.7 Å². The Morgan fingerprint density at radius 1 is 1.17 bits per heavy atom. The van der Waals surface area contributed by atoms with E-state index in [1.54, 1.807) is 5.38 Å². The fraction of sp³-hybridized carbons (Fsp3) is 0.333. The number of rotatable bonds is 6. The molecule has 9 nitrogen and oxygen atoms in total. The van der Waals surface area contributed by atoms with Crippen LogP contribution in [0.2, 0.25) is 0 Å². The first-order valence-corrected chi connectivity index (χ1v) is 11.8. The van der Waals surface area contributed by atoms with Crippen molar-refractivity contribution in [2.45, 2.75) is 27.2 Å². The highest BCUT2D eigenvalue weighted by atomic mass is 32.1. The summed E-state index contributed by atoms with van der Waals surface area (Å²) < 4.78 is 41.8. The minimum Gasteiger partial charge on any atom is -0.487 e. The first-order chi connectivity index (χ1) is 16.9. The first-order valence-electron chi connectivity index (χ1n) is 10.9. The molecule has 4 aromatic rings. The number of halogens is 2. The number of nitrogens with one attached hydrogen (secondary N) is 1. The molecular formula is C24H24F2N4O5S. The Morgan fingerprint density at radius 2 is 1.83 bits per heavy atom. The van der Waals surface area contributed by atoms with E-state index in [2.05, 4.69) is 10.3 Å². The van der Waals surface area contributed by atoms with E-state index in [1.165, 1.54) is 24.9 Å². The van der Waals surface area contributed by atoms with Crippen LogP contribution in [0, 0.1) is 17.0 Å². The van der Waals surface area contributed by atoms with E-state index in [-0.39, 0.29) is 45.9 Å². The van der Waals surface area contributed by atoms with Crippen molar-refractivity contribution < 1.29 is 22.7 Å². The zero-order chi connectivity index (χ0) is 26.4. The monoisotopic (exact) mass is 518 g/mol. The van der Waals surface area contributed by atoms with Crippen molar-refractivity contribution in [1.29, 1.82) is 0 Å². The van der Waals surface area contributed by atoms with Crippen molar-refractivity contribution in [3.05, 3.63) is 61.8 Å². The highest BCUT2D eigenvalue weighted by Crippen LogP contribution is 2.32. The van der Waals surface area contributed by atoms with Crippen LogP contribution in [0.25, 0.3) is 22.4 Å². The number of fused-ring (bicyclic) bond motifs is 1. The second-order valence-electron chi connectivity index (χ2n) is 9.53. The Kier molecular flexibility index (Phi) is 6.56. The van der Waals surface area contributed by atoms with Gasteiger partial charge in [0.15, 0.2) is 22.5 Å². The number of ether oxygens (including phenoxy) is 1. The molecule has 12 heteroatoms. The zero-order valence-electron chi connectivity index (χ0n) is 20.3. The lowest BCUT2D eigenvalue weighted by Gasteiger charge is -2.19. The van der Waals surface area contributed by atoms with Gasteiger partial charge in [0.1, 0.15) is 5.39 Å². The number of thiazole rings is 1. The molecule has 3 heterocycles. The Hall–Kier alpha value is -3.80. The summed E-state index contributed by atoms with van der Waals surface area (Å²) in [6, 6.07) is 2.25. The van der Waals surface area contributed by atoms with Crippen LogP contribution in [0.15, 0.2) is 37.8 Å². The minimum absolute atomic E-state index is 0.0708. The van der Waals surface area contributed by atoms with Crippen molar-refractivity contribution >= 4 is 33.5 Å². The smallest absolute Gasteiger partial charge is 0.333 e. The van der Waals surface area contributed by atoms with Crippen molar-refractivity contribution in [1.82, 2.24) is 14.1 Å². The van der Waals surface area contributed by atoms with Crippen molar-refractivity contribution in [2.75, 3.05) is 11.9 Å². The van der Waals surface area contributed by atoms with Gasteiger partial charge in [0.25, 0.3) is 5.56 Å². The molecule has 0 fully saturated rings. The highest BCUT2D eigenvalue weighted by molar-refractivity contribution is 7.14. The third kappa shape index (κ3) is 4.94. The summed E-state index contributed by atoms with van der Waals surface area (Å²) >= 11 is 1.07. The maximum absolute atomic E-state index is 14.5. The van der Waals surface area contributed by atoms with Crippen LogP contribution in [0.4, 0.5) is 13.9 Å². The molecule has 0 aliphatic heterocycles. The van der Waals surface area contributed by atoms with Crippen molar-refractivity contribution in [2.24, 2.45) is 19.5 Å². The molecule has 0 atom stereocenters. The lowest BCUT2D eigenvalue weighted by Crippen LogP contribution is -2.36. The van der Waals surface area contributed by atoms with Gasteiger partial charge in [0, 0.05) is 30.6 Å². The molecule has 0 saturated carbocycles. The maximum atomic E-state index is 14.5. The lowest BCUT2D eigenvalue weighted by molar-refractivity contribution is -0.115. The molecule has 3 aromatic heterocycles. The summed E-state index contributed by atoms with van der Waals surface area (Å²) in [6.07, 6.45) is 1.05. The number of carbonyl (C=O) groups is 1. The van der Waals surface area contributed by atoms with E-state index in [0.29, 0.717) is 5.56 Å². The number of amides is 1. The van der Waals surface area contributed by atoms with Gasteiger partial charge in [-0.15, -0.1) is 11.3 Å². The zero-order valence-corrected chi connectivity index (χ0v) is 21.1. The second kappa shape index (κ2) is 9.34. The van der Waals surface area contributed by atoms with Gasteiger partial charge in [0.2, 0.25) is 11.6 Å². The van der Waals surface area contributed by atoms with Crippen LogP contribution in [0.3, 0.4) is 0 Å². The Morgan fingerprint density at radius 3 is 2.47 bits per heavy atom.